The molecule has 8 nitrogen and oxygen atoms in total. The Hall–Kier alpha value is -2.58. The first-order chi connectivity index (χ1) is 21.9. The van der Waals surface area contributed by atoms with E-state index in [4.69, 9.17) is 9.47 Å². The number of hydrogen-bond donors (Lipinski definition) is 4. The molecule has 1 spiro atoms. The van der Waals surface area contributed by atoms with Crippen LogP contribution in [0.15, 0.2) is 29.8 Å². The highest BCUT2D eigenvalue weighted by Crippen LogP contribution is 2.70. The first-order valence-electron chi connectivity index (χ1n) is 18.0. The van der Waals surface area contributed by atoms with Crippen molar-refractivity contribution in [3.63, 3.8) is 0 Å². The zero-order chi connectivity index (χ0) is 32.4. The number of phenols is 2. The molecule has 2 amide bonds. The van der Waals surface area contributed by atoms with Crippen LogP contribution in [0.3, 0.4) is 0 Å². The Morgan fingerprint density at radius 2 is 1.83 bits per heavy atom. The van der Waals surface area contributed by atoms with E-state index >= 15 is 0 Å². The molecule has 5 fully saturated rings. The molecule has 1 aromatic rings. The number of phenolic OH excluding ortho intramolecular Hbond substituents is 2. The number of carbonyl (C=O) groups is 2. The van der Waals surface area contributed by atoms with Gasteiger partial charge in [-0.05, 0) is 116 Å². The highest BCUT2D eigenvalue weighted by atomic mass is 16.7. The lowest BCUT2D eigenvalue weighted by molar-refractivity contribution is -0.272. The first kappa shape index (κ1) is 32.0. The predicted molar refractivity (Wildman–Crippen MR) is 175 cm³/mol. The van der Waals surface area contributed by atoms with Gasteiger partial charge in [0.1, 0.15) is 6.42 Å². The highest BCUT2D eigenvalue weighted by Gasteiger charge is 2.68. The zero-order valence-corrected chi connectivity index (χ0v) is 28.1. The van der Waals surface area contributed by atoms with Crippen molar-refractivity contribution in [2.24, 2.45) is 46.3 Å². The third-order valence-electron chi connectivity index (χ3n) is 13.8. The van der Waals surface area contributed by atoms with Crippen LogP contribution in [0.5, 0.6) is 11.5 Å². The van der Waals surface area contributed by atoms with E-state index in [1.165, 1.54) is 43.4 Å². The summed E-state index contributed by atoms with van der Waals surface area (Å²) in [5.41, 5.74) is 2.80. The van der Waals surface area contributed by atoms with Crippen LogP contribution >= 0.6 is 0 Å². The molecule has 8 heteroatoms. The molecule has 0 bridgehead atoms. The number of rotatable bonds is 6. The van der Waals surface area contributed by atoms with E-state index in [0.717, 1.165) is 44.3 Å². The van der Waals surface area contributed by atoms with Gasteiger partial charge in [0.2, 0.25) is 11.8 Å². The minimum absolute atomic E-state index is 0.0690. The highest BCUT2D eigenvalue weighted by molar-refractivity contribution is 5.97. The van der Waals surface area contributed by atoms with Gasteiger partial charge >= 0.3 is 0 Å². The molecule has 11 atom stereocenters. The van der Waals surface area contributed by atoms with Crippen LogP contribution in [0.4, 0.5) is 0 Å². The summed E-state index contributed by atoms with van der Waals surface area (Å²) in [5.74, 6) is 2.46. The van der Waals surface area contributed by atoms with Crippen LogP contribution in [0, 0.1) is 46.3 Å². The molecule has 0 aromatic heterocycles. The fraction of sp³-hybridized carbons (Fsp3) is 0.737. The maximum atomic E-state index is 12.8. The molecule has 6 aliphatic rings. The molecule has 2 heterocycles. The smallest absolute Gasteiger partial charge is 0.229 e. The number of allylic oxidation sites excluding steroid dienone is 1. The van der Waals surface area contributed by atoms with Crippen molar-refractivity contribution in [3.8, 4) is 11.5 Å². The Balaban J connectivity index is 0.935. The molecule has 46 heavy (non-hydrogen) atoms. The Kier molecular flexibility index (Phi) is 8.23. The number of aromatic hydroxyl groups is 2. The van der Waals surface area contributed by atoms with E-state index in [2.05, 4.69) is 44.4 Å². The maximum Gasteiger partial charge on any atom is 0.229 e. The van der Waals surface area contributed by atoms with Crippen molar-refractivity contribution in [1.82, 2.24) is 10.6 Å². The van der Waals surface area contributed by atoms with Crippen LogP contribution in [-0.2, 0) is 25.5 Å². The fourth-order valence-electron chi connectivity index (χ4n) is 11.4. The Morgan fingerprint density at radius 3 is 2.59 bits per heavy atom. The van der Waals surface area contributed by atoms with Gasteiger partial charge < -0.3 is 30.3 Å². The number of amides is 2. The topological polar surface area (TPSA) is 117 Å². The second-order valence-electron chi connectivity index (χ2n) is 16.4. The molecule has 252 valence electrons. The SMILES string of the molecule is C[C@@H]1CC[C@@]2(OC1)O[C@H]1C[C@H]3[C@@H]4CC=C5C[C@H](NC(=O)CC(=O)NCCc6ccc(O)c(O)c6)CC[C@]5(C)[C@H]4CC[C@]3(C)[C@H]1[C@@H]2C. The summed E-state index contributed by atoms with van der Waals surface area (Å²) in [4.78, 5) is 25.3. The molecule has 1 aromatic carbocycles. The van der Waals surface area contributed by atoms with Crippen molar-refractivity contribution < 1.29 is 29.3 Å². The van der Waals surface area contributed by atoms with Crippen LogP contribution < -0.4 is 10.6 Å². The molecule has 3 saturated carbocycles. The van der Waals surface area contributed by atoms with E-state index in [1.54, 1.807) is 6.07 Å². The molecule has 4 N–H and O–H groups in total. The molecular weight excluding hydrogens is 580 g/mol. The molecule has 7 rings (SSSR count). The predicted octanol–water partition coefficient (Wildman–Crippen LogP) is 6.00. The van der Waals surface area contributed by atoms with Crippen LogP contribution in [0.1, 0.15) is 97.5 Å². The molecule has 4 aliphatic carbocycles. The summed E-state index contributed by atoms with van der Waals surface area (Å²) < 4.78 is 13.5. The quantitative estimate of drug-likeness (QED) is 0.173. The van der Waals surface area contributed by atoms with Gasteiger partial charge in [0.15, 0.2) is 17.3 Å². The largest absolute Gasteiger partial charge is 0.504 e. The average Bonchev–Trinajstić information content (AvgIpc) is 3.46. The summed E-state index contributed by atoms with van der Waals surface area (Å²) in [6, 6.07) is 4.68. The number of nitrogens with one attached hydrogen (secondary N) is 2. The van der Waals surface area contributed by atoms with Gasteiger partial charge in [0.25, 0.3) is 0 Å². The molecular formula is C38H54N2O6. The fourth-order valence-corrected chi connectivity index (χ4v) is 11.4. The summed E-state index contributed by atoms with van der Waals surface area (Å²) in [6.07, 6.45) is 13.1. The second kappa shape index (κ2) is 11.8. The standard InChI is InChI=1S/C38H54N2O6/c1-22-9-15-38(45-21-22)23(2)35-32(46-38)19-29-27-7-6-25-18-26(10-13-36(25,3)28(27)11-14-37(29,35)4)40-34(44)20-33(43)39-16-12-24-5-8-30(41)31(42)17-24/h5-6,8,17,22-23,26-29,32,35,41-42H,7,9-16,18-21H2,1-4H3,(H,39,43)(H,40,44)/t22-,23+,26-,27-,28+,29+,32+,35+,36+,37+,38-/m1/s1. The molecule has 0 unspecified atom stereocenters. The lowest BCUT2D eigenvalue weighted by atomic mass is 9.46. The minimum atomic E-state index is -0.361. The van der Waals surface area contributed by atoms with Gasteiger partial charge in [0.05, 0.1) is 12.7 Å². The Morgan fingerprint density at radius 1 is 1.00 bits per heavy atom. The molecule has 2 saturated heterocycles. The summed E-state index contributed by atoms with van der Waals surface area (Å²) in [6.45, 7) is 11.0. The van der Waals surface area contributed by atoms with Crippen molar-refractivity contribution in [2.45, 2.75) is 116 Å². The lowest BCUT2D eigenvalue weighted by Gasteiger charge is -2.58. The van der Waals surface area contributed by atoms with Gasteiger partial charge in [-0.2, -0.15) is 0 Å². The number of fused-ring (bicyclic) bond motifs is 7. The van der Waals surface area contributed by atoms with Gasteiger partial charge in [-0.1, -0.05) is 45.4 Å². The summed E-state index contributed by atoms with van der Waals surface area (Å²) >= 11 is 0. The van der Waals surface area contributed by atoms with Crippen molar-refractivity contribution >= 4 is 11.8 Å². The van der Waals surface area contributed by atoms with E-state index < -0.39 is 0 Å². The monoisotopic (exact) mass is 634 g/mol. The van der Waals surface area contributed by atoms with E-state index in [9.17, 15) is 19.8 Å². The average molecular weight is 635 g/mol. The Bertz CT molecular complexity index is 1380. The number of carbonyl (C=O) groups excluding carboxylic acids is 2. The van der Waals surface area contributed by atoms with Crippen LogP contribution in [0.25, 0.3) is 0 Å². The first-order valence-corrected chi connectivity index (χ1v) is 18.0. The van der Waals surface area contributed by atoms with E-state index in [-0.39, 0.29) is 47.0 Å². The van der Waals surface area contributed by atoms with Gasteiger partial charge in [-0.3, -0.25) is 9.59 Å². The maximum absolute atomic E-state index is 12.8. The van der Waals surface area contributed by atoms with Gasteiger partial charge in [0, 0.05) is 24.9 Å². The Labute approximate surface area is 274 Å². The van der Waals surface area contributed by atoms with Crippen molar-refractivity contribution in [1.29, 1.82) is 0 Å². The van der Waals surface area contributed by atoms with E-state index in [1.807, 2.05) is 0 Å². The lowest BCUT2D eigenvalue weighted by Crippen LogP contribution is -2.53. The number of ether oxygens (including phenoxy) is 2. The van der Waals surface area contributed by atoms with Crippen molar-refractivity contribution in [3.05, 3.63) is 35.4 Å². The summed E-state index contributed by atoms with van der Waals surface area (Å²) in [7, 11) is 0. The molecule has 0 radical (unpaired) electrons. The number of benzene rings is 1. The van der Waals surface area contributed by atoms with Crippen LogP contribution in [-0.4, -0.2) is 53.1 Å². The molecule has 2 aliphatic heterocycles. The van der Waals surface area contributed by atoms with Crippen molar-refractivity contribution in [2.75, 3.05) is 13.2 Å². The second-order valence-corrected chi connectivity index (χ2v) is 16.4. The third-order valence-corrected chi connectivity index (χ3v) is 13.8. The normalized spacial score (nSPS) is 42.7. The zero-order valence-electron chi connectivity index (χ0n) is 28.1. The third kappa shape index (κ3) is 5.35. The van der Waals surface area contributed by atoms with Gasteiger partial charge in [-0.15, -0.1) is 0 Å². The van der Waals surface area contributed by atoms with E-state index in [0.29, 0.717) is 60.0 Å². The summed E-state index contributed by atoms with van der Waals surface area (Å²) in [5, 5.41) is 25.1. The number of hydrogen-bond acceptors (Lipinski definition) is 6. The minimum Gasteiger partial charge on any atom is -0.504 e. The van der Waals surface area contributed by atoms with Crippen LogP contribution in [0.2, 0.25) is 0 Å². The van der Waals surface area contributed by atoms with Gasteiger partial charge in [-0.25, -0.2) is 0 Å².